The molecular weight excluding hydrogens is 162 g/mol. The Hall–Kier alpha value is -1.82. The van der Waals surface area contributed by atoms with Crippen molar-refractivity contribution < 1.29 is 0 Å². The molecule has 0 aliphatic carbocycles. The van der Waals surface area contributed by atoms with E-state index in [4.69, 9.17) is 5.26 Å². The van der Waals surface area contributed by atoms with Gasteiger partial charge in [-0.05, 0) is 23.8 Å². The third kappa shape index (κ3) is 2.60. The molecular formula is C10H11N3. The van der Waals surface area contributed by atoms with Crippen LogP contribution < -0.4 is 4.90 Å². The molecule has 0 aliphatic rings. The van der Waals surface area contributed by atoms with Gasteiger partial charge in [0.15, 0.2) is 0 Å². The second-order valence-corrected chi connectivity index (χ2v) is 2.81. The fraction of sp³-hybridized carbons (Fsp3) is 0.200. The summed E-state index contributed by atoms with van der Waals surface area (Å²) in [5, 5.41) is 8.30. The average molecular weight is 173 g/mol. The lowest BCUT2D eigenvalue weighted by molar-refractivity contribution is 1.07. The van der Waals surface area contributed by atoms with Gasteiger partial charge in [0.2, 0.25) is 0 Å². The van der Waals surface area contributed by atoms with E-state index < -0.39 is 0 Å². The highest BCUT2D eigenvalue weighted by molar-refractivity contribution is 5.52. The predicted molar refractivity (Wildman–Crippen MR) is 53.2 cm³/mol. The molecule has 0 saturated heterocycles. The van der Waals surface area contributed by atoms with E-state index in [0.717, 1.165) is 11.4 Å². The molecule has 0 amide bonds. The van der Waals surface area contributed by atoms with Crippen molar-refractivity contribution in [3.63, 3.8) is 0 Å². The Morgan fingerprint density at radius 2 is 2.23 bits per heavy atom. The lowest BCUT2D eigenvalue weighted by atomic mass is 10.2. The van der Waals surface area contributed by atoms with Gasteiger partial charge in [0, 0.05) is 26.4 Å². The van der Waals surface area contributed by atoms with E-state index >= 15 is 0 Å². The molecule has 0 saturated carbocycles. The predicted octanol–water partition coefficient (Wildman–Crippen LogP) is 1.68. The number of rotatable bonds is 2. The Kier molecular flexibility index (Phi) is 3.04. The van der Waals surface area contributed by atoms with Gasteiger partial charge in [0.25, 0.3) is 0 Å². The molecule has 1 heterocycles. The summed E-state index contributed by atoms with van der Waals surface area (Å²) in [7, 11) is 3.88. The summed E-state index contributed by atoms with van der Waals surface area (Å²) >= 11 is 0. The highest BCUT2D eigenvalue weighted by atomic mass is 15.1. The number of hydrogen-bond donors (Lipinski definition) is 0. The first-order chi connectivity index (χ1) is 6.24. The molecule has 0 spiro atoms. The molecule has 0 bridgehead atoms. The van der Waals surface area contributed by atoms with Crippen molar-refractivity contribution in [2.75, 3.05) is 19.0 Å². The normalized spacial score (nSPS) is 9.92. The Morgan fingerprint density at radius 3 is 2.69 bits per heavy atom. The number of anilines is 1. The van der Waals surface area contributed by atoms with Gasteiger partial charge in [0.1, 0.15) is 5.82 Å². The number of pyridine rings is 1. The summed E-state index contributed by atoms with van der Waals surface area (Å²) in [4.78, 5) is 6.12. The molecule has 0 radical (unpaired) electrons. The van der Waals surface area contributed by atoms with Gasteiger partial charge in [-0.15, -0.1) is 0 Å². The molecule has 3 heteroatoms. The van der Waals surface area contributed by atoms with E-state index in [0.29, 0.717) is 0 Å². The minimum Gasteiger partial charge on any atom is -0.363 e. The number of hydrogen-bond acceptors (Lipinski definition) is 3. The lowest BCUT2D eigenvalue weighted by Gasteiger charge is -2.09. The Morgan fingerprint density at radius 1 is 1.46 bits per heavy atom. The van der Waals surface area contributed by atoms with Crippen molar-refractivity contribution in [3.8, 4) is 6.07 Å². The van der Waals surface area contributed by atoms with Crippen LogP contribution >= 0.6 is 0 Å². The van der Waals surface area contributed by atoms with E-state index in [-0.39, 0.29) is 0 Å². The summed E-state index contributed by atoms with van der Waals surface area (Å²) in [6, 6.07) is 5.78. The van der Waals surface area contributed by atoms with Gasteiger partial charge < -0.3 is 4.90 Å². The maximum Gasteiger partial charge on any atom is 0.127 e. The summed E-state index contributed by atoms with van der Waals surface area (Å²) in [5.74, 6) is 0.911. The van der Waals surface area contributed by atoms with E-state index in [1.165, 1.54) is 6.08 Å². The van der Waals surface area contributed by atoms with Crippen LogP contribution in [0, 0.1) is 11.3 Å². The van der Waals surface area contributed by atoms with Crippen molar-refractivity contribution in [2.45, 2.75) is 0 Å². The smallest absolute Gasteiger partial charge is 0.127 e. The van der Waals surface area contributed by atoms with E-state index in [1.54, 1.807) is 12.3 Å². The molecule has 13 heavy (non-hydrogen) atoms. The standard InChI is InChI=1S/C10H11N3/c1-13(2)10-6-5-9(8-12-10)4-3-7-11/h3-6,8H,1-2H3. The third-order valence-electron chi connectivity index (χ3n) is 1.58. The highest BCUT2D eigenvalue weighted by Gasteiger charge is 1.94. The Labute approximate surface area is 77.9 Å². The minimum atomic E-state index is 0.911. The molecule has 0 unspecified atom stereocenters. The Balaban J connectivity index is 2.83. The van der Waals surface area contributed by atoms with Crippen LogP contribution in [0.5, 0.6) is 0 Å². The second-order valence-electron chi connectivity index (χ2n) is 2.81. The lowest BCUT2D eigenvalue weighted by Crippen LogP contribution is -2.09. The van der Waals surface area contributed by atoms with Crippen LogP contribution in [0.15, 0.2) is 24.4 Å². The average Bonchev–Trinajstić information content (AvgIpc) is 2.15. The maximum atomic E-state index is 8.30. The van der Waals surface area contributed by atoms with Crippen LogP contribution in [0.1, 0.15) is 5.56 Å². The minimum absolute atomic E-state index is 0.911. The number of allylic oxidation sites excluding steroid dienone is 1. The van der Waals surface area contributed by atoms with Crippen molar-refractivity contribution in [3.05, 3.63) is 30.0 Å². The van der Waals surface area contributed by atoms with Crippen molar-refractivity contribution in [1.29, 1.82) is 5.26 Å². The molecule has 0 aromatic carbocycles. The summed E-state index contributed by atoms with van der Waals surface area (Å²) in [6.45, 7) is 0. The van der Waals surface area contributed by atoms with Crippen LogP contribution in [0.3, 0.4) is 0 Å². The molecule has 0 aliphatic heterocycles. The second kappa shape index (κ2) is 4.27. The van der Waals surface area contributed by atoms with Gasteiger partial charge in [-0.2, -0.15) is 5.26 Å². The zero-order valence-corrected chi connectivity index (χ0v) is 7.73. The zero-order valence-electron chi connectivity index (χ0n) is 7.73. The van der Waals surface area contributed by atoms with E-state index in [1.807, 2.05) is 37.2 Å². The zero-order chi connectivity index (χ0) is 9.68. The SMILES string of the molecule is CN(C)c1ccc(C=CC#N)cn1. The van der Waals surface area contributed by atoms with Gasteiger partial charge in [0.05, 0.1) is 6.07 Å². The monoisotopic (exact) mass is 173 g/mol. The first kappa shape index (κ1) is 9.27. The molecule has 1 rings (SSSR count). The van der Waals surface area contributed by atoms with Crippen LogP contribution in [-0.2, 0) is 0 Å². The molecule has 1 aromatic heterocycles. The van der Waals surface area contributed by atoms with Crippen molar-refractivity contribution >= 4 is 11.9 Å². The Bertz CT molecular complexity index is 330. The largest absolute Gasteiger partial charge is 0.363 e. The van der Waals surface area contributed by atoms with Crippen LogP contribution in [0.25, 0.3) is 6.08 Å². The van der Waals surface area contributed by atoms with Crippen LogP contribution in [-0.4, -0.2) is 19.1 Å². The molecule has 1 aromatic rings. The molecule has 0 N–H and O–H groups in total. The number of nitrogens with zero attached hydrogens (tertiary/aromatic N) is 3. The molecule has 66 valence electrons. The summed E-state index contributed by atoms with van der Waals surface area (Å²) in [6.07, 6.45) is 4.90. The fourth-order valence-electron chi connectivity index (χ4n) is 0.894. The third-order valence-corrected chi connectivity index (χ3v) is 1.58. The number of nitriles is 1. The summed E-state index contributed by atoms with van der Waals surface area (Å²) in [5.41, 5.74) is 0.937. The topological polar surface area (TPSA) is 39.9 Å². The fourth-order valence-corrected chi connectivity index (χ4v) is 0.894. The summed E-state index contributed by atoms with van der Waals surface area (Å²) < 4.78 is 0. The van der Waals surface area contributed by atoms with Crippen LogP contribution in [0.2, 0.25) is 0 Å². The first-order valence-corrected chi connectivity index (χ1v) is 3.93. The maximum absolute atomic E-state index is 8.30. The highest BCUT2D eigenvalue weighted by Crippen LogP contribution is 2.08. The molecule has 0 fully saturated rings. The van der Waals surface area contributed by atoms with E-state index in [9.17, 15) is 0 Å². The quantitative estimate of drug-likeness (QED) is 0.639. The van der Waals surface area contributed by atoms with Gasteiger partial charge in [-0.3, -0.25) is 0 Å². The molecule has 0 atom stereocenters. The van der Waals surface area contributed by atoms with Gasteiger partial charge in [-0.25, -0.2) is 4.98 Å². The van der Waals surface area contributed by atoms with E-state index in [2.05, 4.69) is 4.98 Å². The first-order valence-electron chi connectivity index (χ1n) is 3.93. The van der Waals surface area contributed by atoms with Crippen molar-refractivity contribution in [2.24, 2.45) is 0 Å². The van der Waals surface area contributed by atoms with Crippen molar-refractivity contribution in [1.82, 2.24) is 4.98 Å². The number of aromatic nitrogens is 1. The van der Waals surface area contributed by atoms with Gasteiger partial charge in [-0.1, -0.05) is 0 Å². The van der Waals surface area contributed by atoms with Crippen LogP contribution in [0.4, 0.5) is 5.82 Å². The molecule has 3 nitrogen and oxygen atoms in total. The van der Waals surface area contributed by atoms with Gasteiger partial charge >= 0.3 is 0 Å².